The maximum absolute atomic E-state index is 13.0. The highest BCUT2D eigenvalue weighted by atomic mass is 16.2. The topological polar surface area (TPSA) is 40.6 Å². The van der Waals surface area contributed by atoms with Gasteiger partial charge in [0.15, 0.2) is 0 Å². The first-order valence-corrected chi connectivity index (χ1v) is 9.26. The molecule has 2 amide bonds. The number of carbonyl (C=O) groups excluding carboxylic acids is 2. The first-order valence-electron chi connectivity index (χ1n) is 9.26. The highest BCUT2D eigenvalue weighted by molar-refractivity contribution is 6.10. The third-order valence-electron chi connectivity index (χ3n) is 5.18. The van der Waals surface area contributed by atoms with Gasteiger partial charge in [0.2, 0.25) is 5.91 Å². The van der Waals surface area contributed by atoms with Gasteiger partial charge in [-0.3, -0.25) is 9.59 Å². The van der Waals surface area contributed by atoms with Gasteiger partial charge in [0.1, 0.15) is 0 Å². The van der Waals surface area contributed by atoms with E-state index in [9.17, 15) is 9.59 Å². The van der Waals surface area contributed by atoms with E-state index in [1.165, 1.54) is 0 Å². The van der Waals surface area contributed by atoms with Gasteiger partial charge >= 0.3 is 0 Å². The predicted octanol–water partition coefficient (Wildman–Crippen LogP) is 4.24. The minimum atomic E-state index is -0.0462. The summed E-state index contributed by atoms with van der Waals surface area (Å²) in [4.78, 5) is 28.3. The van der Waals surface area contributed by atoms with E-state index in [-0.39, 0.29) is 11.8 Å². The minimum Gasteiger partial charge on any atom is -0.338 e. The lowest BCUT2D eigenvalue weighted by atomic mass is 10.1. The summed E-state index contributed by atoms with van der Waals surface area (Å²) < 4.78 is 0. The number of hydrogen-bond donors (Lipinski definition) is 0. The molecule has 0 saturated carbocycles. The molecule has 1 aliphatic rings. The zero-order valence-electron chi connectivity index (χ0n) is 15.4. The van der Waals surface area contributed by atoms with Gasteiger partial charge < -0.3 is 9.80 Å². The summed E-state index contributed by atoms with van der Waals surface area (Å²) in [6, 6.07) is 21.6. The summed E-state index contributed by atoms with van der Waals surface area (Å²) in [5.74, 6) is 0.168. The summed E-state index contributed by atoms with van der Waals surface area (Å²) >= 11 is 0. The fourth-order valence-electron chi connectivity index (χ4n) is 3.65. The van der Waals surface area contributed by atoms with Gasteiger partial charge in [0.05, 0.1) is 5.69 Å². The van der Waals surface area contributed by atoms with Crippen molar-refractivity contribution in [1.82, 2.24) is 4.90 Å². The van der Waals surface area contributed by atoms with Crippen molar-refractivity contribution in [3.8, 4) is 0 Å². The van der Waals surface area contributed by atoms with E-state index in [0.717, 1.165) is 35.0 Å². The lowest BCUT2D eigenvalue weighted by molar-refractivity contribution is -0.128. The smallest absolute Gasteiger partial charge is 0.258 e. The summed E-state index contributed by atoms with van der Waals surface area (Å²) in [6.45, 7) is 1.44. The molecule has 0 radical (unpaired) electrons. The number of fused-ring (bicyclic) bond motifs is 1. The summed E-state index contributed by atoms with van der Waals surface area (Å²) in [5.41, 5.74) is 2.58. The number of rotatable bonds is 4. The summed E-state index contributed by atoms with van der Waals surface area (Å²) in [7, 11) is 1.81. The number of nitrogens with zero attached hydrogens (tertiary/aromatic N) is 2. The summed E-state index contributed by atoms with van der Waals surface area (Å²) in [6.07, 6.45) is 1.58. The van der Waals surface area contributed by atoms with Crippen molar-refractivity contribution in [3.63, 3.8) is 0 Å². The number of carbonyl (C=O) groups is 2. The van der Waals surface area contributed by atoms with E-state index in [2.05, 4.69) is 0 Å². The molecule has 4 nitrogen and oxygen atoms in total. The zero-order valence-corrected chi connectivity index (χ0v) is 15.4. The van der Waals surface area contributed by atoms with Crippen LogP contribution in [0.3, 0.4) is 0 Å². The Morgan fingerprint density at radius 1 is 1.00 bits per heavy atom. The van der Waals surface area contributed by atoms with E-state index < -0.39 is 0 Å². The van der Waals surface area contributed by atoms with Crippen molar-refractivity contribution >= 4 is 28.3 Å². The number of benzene rings is 3. The minimum absolute atomic E-state index is 0.0462. The zero-order chi connectivity index (χ0) is 18.8. The molecule has 1 saturated heterocycles. The molecule has 27 heavy (non-hydrogen) atoms. The van der Waals surface area contributed by atoms with E-state index >= 15 is 0 Å². The SMILES string of the molecule is CN(C(=O)c1ccc(CN2CCCC2=O)cc1)c1cccc2ccccc12. The Labute approximate surface area is 159 Å². The lowest BCUT2D eigenvalue weighted by Gasteiger charge is -2.20. The van der Waals surface area contributed by atoms with Gasteiger partial charge in [-0.1, -0.05) is 48.5 Å². The van der Waals surface area contributed by atoms with E-state index in [0.29, 0.717) is 18.5 Å². The van der Waals surface area contributed by atoms with Crippen molar-refractivity contribution in [2.75, 3.05) is 18.5 Å². The molecule has 0 atom stereocenters. The molecule has 136 valence electrons. The molecule has 0 bridgehead atoms. The Balaban J connectivity index is 1.54. The fourth-order valence-corrected chi connectivity index (χ4v) is 3.65. The second kappa shape index (κ2) is 7.23. The molecule has 3 aromatic carbocycles. The van der Waals surface area contributed by atoms with Crippen LogP contribution in [0.4, 0.5) is 5.69 Å². The van der Waals surface area contributed by atoms with Crippen molar-refractivity contribution < 1.29 is 9.59 Å². The average molecular weight is 358 g/mol. The van der Waals surface area contributed by atoms with E-state index in [1.807, 2.05) is 71.6 Å². The van der Waals surface area contributed by atoms with Gasteiger partial charge in [0, 0.05) is 37.5 Å². The first kappa shape index (κ1) is 17.3. The third-order valence-corrected chi connectivity index (χ3v) is 5.18. The fraction of sp³-hybridized carbons (Fsp3) is 0.217. The van der Waals surface area contributed by atoms with E-state index in [4.69, 9.17) is 0 Å². The van der Waals surface area contributed by atoms with Crippen molar-refractivity contribution in [2.24, 2.45) is 0 Å². The summed E-state index contributed by atoms with van der Waals surface area (Å²) in [5, 5.41) is 2.17. The van der Waals surface area contributed by atoms with Crippen LogP contribution in [0.15, 0.2) is 66.7 Å². The first-order chi connectivity index (χ1) is 13.1. The molecule has 1 heterocycles. The molecule has 1 fully saturated rings. The van der Waals surface area contributed by atoms with Crippen LogP contribution in [0.25, 0.3) is 10.8 Å². The highest BCUT2D eigenvalue weighted by Gasteiger charge is 2.20. The molecule has 0 N–H and O–H groups in total. The Kier molecular flexibility index (Phi) is 4.63. The molecule has 0 aliphatic carbocycles. The Morgan fingerprint density at radius 3 is 2.48 bits per heavy atom. The number of likely N-dealkylation sites (tertiary alicyclic amines) is 1. The van der Waals surface area contributed by atoms with Crippen LogP contribution < -0.4 is 4.90 Å². The molecular formula is C23H22N2O2. The van der Waals surface area contributed by atoms with Crippen LogP contribution in [0, 0.1) is 0 Å². The van der Waals surface area contributed by atoms with Crippen molar-refractivity contribution in [1.29, 1.82) is 0 Å². The molecule has 3 aromatic rings. The van der Waals surface area contributed by atoms with Gasteiger partial charge in [-0.05, 0) is 35.6 Å². The largest absolute Gasteiger partial charge is 0.338 e. The predicted molar refractivity (Wildman–Crippen MR) is 108 cm³/mol. The van der Waals surface area contributed by atoms with Gasteiger partial charge in [-0.25, -0.2) is 0 Å². The van der Waals surface area contributed by atoms with Crippen LogP contribution in [0.2, 0.25) is 0 Å². The Hall–Kier alpha value is -3.14. The van der Waals surface area contributed by atoms with Crippen LogP contribution in [0.5, 0.6) is 0 Å². The second-order valence-corrected chi connectivity index (χ2v) is 6.98. The standard InChI is InChI=1S/C23H22N2O2/c1-24(21-9-4-7-18-6-2-3-8-20(18)21)23(27)19-13-11-17(12-14-19)16-25-15-5-10-22(25)26/h2-4,6-9,11-14H,5,10,15-16H2,1H3. The quantitative estimate of drug-likeness (QED) is 0.700. The molecular weight excluding hydrogens is 336 g/mol. The van der Waals surface area contributed by atoms with Gasteiger partial charge in [-0.15, -0.1) is 0 Å². The maximum atomic E-state index is 13.0. The monoisotopic (exact) mass is 358 g/mol. The Bertz CT molecular complexity index is 989. The van der Waals surface area contributed by atoms with Crippen LogP contribution in [-0.4, -0.2) is 30.3 Å². The third kappa shape index (κ3) is 3.43. The van der Waals surface area contributed by atoms with Crippen LogP contribution >= 0.6 is 0 Å². The van der Waals surface area contributed by atoms with Crippen LogP contribution in [0.1, 0.15) is 28.8 Å². The average Bonchev–Trinajstić information content (AvgIpc) is 3.11. The Morgan fingerprint density at radius 2 is 1.74 bits per heavy atom. The van der Waals surface area contributed by atoms with Crippen molar-refractivity contribution in [2.45, 2.75) is 19.4 Å². The van der Waals surface area contributed by atoms with Gasteiger partial charge in [-0.2, -0.15) is 0 Å². The van der Waals surface area contributed by atoms with Crippen LogP contribution in [-0.2, 0) is 11.3 Å². The normalized spacial score (nSPS) is 14.0. The number of amides is 2. The highest BCUT2D eigenvalue weighted by Crippen LogP contribution is 2.27. The van der Waals surface area contributed by atoms with E-state index in [1.54, 1.807) is 11.9 Å². The molecule has 0 unspecified atom stereocenters. The lowest BCUT2D eigenvalue weighted by Crippen LogP contribution is -2.26. The van der Waals surface area contributed by atoms with Crippen molar-refractivity contribution in [3.05, 3.63) is 77.9 Å². The molecule has 1 aliphatic heterocycles. The molecule has 0 spiro atoms. The maximum Gasteiger partial charge on any atom is 0.258 e. The molecule has 4 heteroatoms. The van der Waals surface area contributed by atoms with Gasteiger partial charge in [0.25, 0.3) is 5.91 Å². The number of hydrogen-bond acceptors (Lipinski definition) is 2. The molecule has 4 rings (SSSR count). The second-order valence-electron chi connectivity index (χ2n) is 6.98. The number of anilines is 1. The molecule has 0 aromatic heterocycles.